The topological polar surface area (TPSA) is 42.7 Å². The van der Waals surface area contributed by atoms with Gasteiger partial charge >= 0.3 is 0 Å². The standard InChI is InChI=1S/C16H16ClNO3/c1-11-10-18(8-9-20-11)16(19)15-7-6-14(21-15)12-2-4-13(17)5-3-12/h2-7,11H,8-10H2,1H3. The summed E-state index contributed by atoms with van der Waals surface area (Å²) in [6, 6.07) is 10.8. The maximum Gasteiger partial charge on any atom is 0.289 e. The van der Waals surface area contributed by atoms with E-state index < -0.39 is 0 Å². The number of halogens is 1. The van der Waals surface area contributed by atoms with Gasteiger partial charge in [-0.25, -0.2) is 0 Å². The van der Waals surface area contributed by atoms with E-state index in [1.54, 1.807) is 29.2 Å². The maximum absolute atomic E-state index is 12.4. The molecular formula is C16H16ClNO3. The van der Waals surface area contributed by atoms with Crippen molar-refractivity contribution >= 4 is 17.5 Å². The van der Waals surface area contributed by atoms with Gasteiger partial charge in [-0.15, -0.1) is 0 Å². The van der Waals surface area contributed by atoms with E-state index >= 15 is 0 Å². The van der Waals surface area contributed by atoms with Crippen LogP contribution in [0.1, 0.15) is 17.5 Å². The summed E-state index contributed by atoms with van der Waals surface area (Å²) in [4.78, 5) is 14.2. The highest BCUT2D eigenvalue weighted by atomic mass is 35.5. The third-order valence-corrected chi connectivity index (χ3v) is 3.73. The number of morpholine rings is 1. The summed E-state index contributed by atoms with van der Waals surface area (Å²) in [5, 5.41) is 0.670. The molecule has 0 spiro atoms. The second kappa shape index (κ2) is 5.92. The molecule has 21 heavy (non-hydrogen) atoms. The number of furan rings is 1. The average molecular weight is 306 g/mol. The quantitative estimate of drug-likeness (QED) is 0.853. The molecule has 1 aliphatic heterocycles. The number of ether oxygens (including phenoxy) is 1. The van der Waals surface area contributed by atoms with Gasteiger partial charge in [-0.1, -0.05) is 11.6 Å². The molecule has 1 amide bonds. The first-order valence-corrected chi connectivity index (χ1v) is 7.28. The van der Waals surface area contributed by atoms with Gasteiger partial charge in [0.1, 0.15) is 5.76 Å². The first-order chi connectivity index (χ1) is 10.1. The predicted molar refractivity (Wildman–Crippen MR) is 80.5 cm³/mol. The Morgan fingerprint density at radius 3 is 2.71 bits per heavy atom. The van der Waals surface area contributed by atoms with Gasteiger partial charge in [-0.05, 0) is 43.3 Å². The minimum absolute atomic E-state index is 0.0633. The molecule has 1 atom stereocenters. The Balaban J connectivity index is 1.78. The molecule has 1 aromatic carbocycles. The number of hydrogen-bond acceptors (Lipinski definition) is 3. The zero-order chi connectivity index (χ0) is 14.8. The van der Waals surface area contributed by atoms with E-state index in [1.165, 1.54) is 0 Å². The first kappa shape index (κ1) is 14.2. The van der Waals surface area contributed by atoms with Crippen molar-refractivity contribution in [2.75, 3.05) is 19.7 Å². The minimum atomic E-state index is -0.0923. The van der Waals surface area contributed by atoms with E-state index in [4.69, 9.17) is 20.8 Å². The normalized spacial score (nSPS) is 18.8. The van der Waals surface area contributed by atoms with Crippen molar-refractivity contribution in [2.45, 2.75) is 13.0 Å². The summed E-state index contributed by atoms with van der Waals surface area (Å²) >= 11 is 5.87. The zero-order valence-electron chi connectivity index (χ0n) is 11.7. The van der Waals surface area contributed by atoms with Crippen molar-refractivity contribution in [2.24, 2.45) is 0 Å². The highest BCUT2D eigenvalue weighted by Gasteiger charge is 2.24. The van der Waals surface area contributed by atoms with Gasteiger partial charge in [-0.3, -0.25) is 4.79 Å². The van der Waals surface area contributed by atoms with Gasteiger partial charge in [0.05, 0.1) is 12.7 Å². The lowest BCUT2D eigenvalue weighted by atomic mass is 10.2. The van der Waals surface area contributed by atoms with Crippen molar-refractivity contribution in [1.82, 2.24) is 4.90 Å². The van der Waals surface area contributed by atoms with Crippen LogP contribution in [0.4, 0.5) is 0 Å². The predicted octanol–water partition coefficient (Wildman–Crippen LogP) is 3.46. The average Bonchev–Trinajstić information content (AvgIpc) is 2.97. The number of carbonyl (C=O) groups is 1. The number of benzene rings is 1. The maximum atomic E-state index is 12.4. The van der Waals surface area contributed by atoms with Crippen LogP contribution in [-0.2, 0) is 4.74 Å². The molecule has 0 bridgehead atoms. The number of hydrogen-bond donors (Lipinski definition) is 0. The van der Waals surface area contributed by atoms with Crippen LogP contribution in [0.5, 0.6) is 0 Å². The Morgan fingerprint density at radius 2 is 2.00 bits per heavy atom. The van der Waals surface area contributed by atoms with E-state index in [2.05, 4.69) is 0 Å². The second-order valence-electron chi connectivity index (χ2n) is 5.10. The minimum Gasteiger partial charge on any atom is -0.451 e. The fourth-order valence-corrected chi connectivity index (χ4v) is 2.51. The molecule has 3 rings (SSSR count). The second-order valence-corrected chi connectivity index (χ2v) is 5.54. The number of carbonyl (C=O) groups excluding carboxylic acids is 1. The van der Waals surface area contributed by atoms with E-state index in [9.17, 15) is 4.79 Å². The van der Waals surface area contributed by atoms with Gasteiger partial charge in [-0.2, -0.15) is 0 Å². The Morgan fingerprint density at radius 1 is 1.24 bits per heavy atom. The highest BCUT2D eigenvalue weighted by molar-refractivity contribution is 6.30. The Bertz CT molecular complexity index is 635. The molecule has 1 unspecified atom stereocenters. The molecule has 2 aromatic rings. The Hall–Kier alpha value is -1.78. The van der Waals surface area contributed by atoms with Crippen LogP contribution < -0.4 is 0 Å². The number of nitrogens with zero attached hydrogens (tertiary/aromatic N) is 1. The smallest absolute Gasteiger partial charge is 0.289 e. The summed E-state index contributed by atoms with van der Waals surface area (Å²) in [7, 11) is 0. The van der Waals surface area contributed by atoms with Crippen molar-refractivity contribution in [3.05, 3.63) is 47.2 Å². The molecule has 5 heteroatoms. The summed E-state index contributed by atoms with van der Waals surface area (Å²) in [6.07, 6.45) is 0.0633. The van der Waals surface area contributed by atoms with E-state index in [-0.39, 0.29) is 12.0 Å². The van der Waals surface area contributed by atoms with Crippen molar-refractivity contribution in [3.63, 3.8) is 0 Å². The van der Waals surface area contributed by atoms with Crippen LogP contribution in [-0.4, -0.2) is 36.6 Å². The van der Waals surface area contributed by atoms with Gasteiger partial charge < -0.3 is 14.1 Å². The summed E-state index contributed by atoms with van der Waals surface area (Å²) < 4.78 is 11.1. The van der Waals surface area contributed by atoms with Crippen LogP contribution in [0.15, 0.2) is 40.8 Å². The molecule has 1 aliphatic rings. The van der Waals surface area contributed by atoms with Gasteiger partial charge in [0.2, 0.25) is 0 Å². The lowest BCUT2D eigenvalue weighted by Crippen LogP contribution is -2.44. The SMILES string of the molecule is CC1CN(C(=O)c2ccc(-c3ccc(Cl)cc3)o2)CCO1. The molecule has 110 valence electrons. The fourth-order valence-electron chi connectivity index (χ4n) is 2.38. The van der Waals surface area contributed by atoms with Crippen LogP contribution in [0.3, 0.4) is 0 Å². The van der Waals surface area contributed by atoms with Gasteiger partial charge in [0, 0.05) is 23.7 Å². The lowest BCUT2D eigenvalue weighted by Gasteiger charge is -2.30. The third kappa shape index (κ3) is 3.12. The highest BCUT2D eigenvalue weighted by Crippen LogP contribution is 2.24. The summed E-state index contributed by atoms with van der Waals surface area (Å²) in [6.45, 7) is 3.72. The van der Waals surface area contributed by atoms with E-state index in [1.807, 2.05) is 19.1 Å². The van der Waals surface area contributed by atoms with Crippen molar-refractivity contribution < 1.29 is 13.9 Å². The molecule has 1 fully saturated rings. The van der Waals surface area contributed by atoms with E-state index in [0.717, 1.165) is 5.56 Å². The molecule has 1 saturated heterocycles. The molecule has 0 N–H and O–H groups in total. The van der Waals surface area contributed by atoms with E-state index in [0.29, 0.717) is 36.2 Å². The monoisotopic (exact) mass is 305 g/mol. The molecule has 4 nitrogen and oxygen atoms in total. The first-order valence-electron chi connectivity index (χ1n) is 6.90. The zero-order valence-corrected chi connectivity index (χ0v) is 12.5. The van der Waals surface area contributed by atoms with Gasteiger partial charge in [0.15, 0.2) is 5.76 Å². The van der Waals surface area contributed by atoms with Crippen molar-refractivity contribution in [3.8, 4) is 11.3 Å². The molecule has 0 radical (unpaired) electrons. The Kier molecular flexibility index (Phi) is 3.99. The van der Waals surface area contributed by atoms with Gasteiger partial charge in [0.25, 0.3) is 5.91 Å². The molecule has 0 aliphatic carbocycles. The molecule has 0 saturated carbocycles. The summed E-state index contributed by atoms with van der Waals surface area (Å²) in [5.74, 6) is 0.927. The summed E-state index contributed by atoms with van der Waals surface area (Å²) in [5.41, 5.74) is 0.897. The molecule has 2 heterocycles. The van der Waals surface area contributed by atoms with Crippen LogP contribution in [0.2, 0.25) is 5.02 Å². The lowest BCUT2D eigenvalue weighted by molar-refractivity contribution is -0.0134. The Labute approximate surface area is 128 Å². The van der Waals surface area contributed by atoms with Crippen molar-refractivity contribution in [1.29, 1.82) is 0 Å². The van der Waals surface area contributed by atoms with Crippen LogP contribution in [0.25, 0.3) is 11.3 Å². The van der Waals surface area contributed by atoms with Crippen LogP contribution >= 0.6 is 11.6 Å². The number of rotatable bonds is 2. The fraction of sp³-hybridized carbons (Fsp3) is 0.312. The third-order valence-electron chi connectivity index (χ3n) is 3.47. The molecule has 1 aromatic heterocycles. The number of amides is 1. The molecular weight excluding hydrogens is 290 g/mol. The largest absolute Gasteiger partial charge is 0.451 e. The van der Waals surface area contributed by atoms with Crippen LogP contribution in [0, 0.1) is 0 Å².